The Labute approximate surface area is 141 Å². The first-order valence-corrected chi connectivity index (χ1v) is 8.05. The van der Waals surface area contributed by atoms with Crippen LogP contribution >= 0.6 is 22.6 Å². The molecular weight excluding hydrogens is 383 g/mol. The molecule has 0 radical (unpaired) electrons. The second kappa shape index (κ2) is 5.15. The Hall–Kier alpha value is -2.32. The quantitative estimate of drug-likeness (QED) is 0.405. The molecule has 0 aliphatic heterocycles. The van der Waals surface area contributed by atoms with E-state index < -0.39 is 0 Å². The molecule has 3 heteroatoms. The Bertz CT molecular complexity index is 1040. The Balaban J connectivity index is 2.16. The van der Waals surface area contributed by atoms with Crippen LogP contribution in [-0.2, 0) is 0 Å². The van der Waals surface area contributed by atoms with E-state index in [1.807, 2.05) is 24.3 Å². The van der Waals surface area contributed by atoms with Crippen LogP contribution in [0.1, 0.15) is 5.56 Å². The van der Waals surface area contributed by atoms with E-state index in [9.17, 15) is 0 Å². The summed E-state index contributed by atoms with van der Waals surface area (Å²) in [7, 11) is 0. The molecule has 1 heterocycles. The molecule has 22 heavy (non-hydrogen) atoms. The minimum Gasteiger partial charge on any atom is -0.309 e. The molecule has 0 bridgehead atoms. The highest BCUT2D eigenvalue weighted by Gasteiger charge is 2.12. The summed E-state index contributed by atoms with van der Waals surface area (Å²) in [4.78, 5) is 0. The number of benzene rings is 3. The monoisotopic (exact) mass is 394 g/mol. The normalized spacial score (nSPS) is 10.9. The summed E-state index contributed by atoms with van der Waals surface area (Å²) < 4.78 is 3.47. The van der Waals surface area contributed by atoms with Crippen molar-refractivity contribution in [3.63, 3.8) is 0 Å². The van der Waals surface area contributed by atoms with E-state index >= 15 is 0 Å². The highest BCUT2D eigenvalue weighted by molar-refractivity contribution is 14.1. The number of aromatic nitrogens is 1. The fraction of sp³-hybridized carbons (Fsp3) is 0. The van der Waals surface area contributed by atoms with Gasteiger partial charge < -0.3 is 4.57 Å². The third-order valence-corrected chi connectivity index (χ3v) is 4.61. The summed E-state index contributed by atoms with van der Waals surface area (Å²) in [6, 6.07) is 24.9. The summed E-state index contributed by atoms with van der Waals surface area (Å²) in [5, 5.41) is 11.5. The fourth-order valence-corrected chi connectivity index (χ4v) is 3.27. The molecule has 0 saturated heterocycles. The van der Waals surface area contributed by atoms with E-state index in [1.165, 1.54) is 8.96 Å². The molecule has 1 aromatic heterocycles. The second-order valence-corrected chi connectivity index (χ2v) is 6.42. The lowest BCUT2D eigenvalue weighted by molar-refractivity contribution is 1.18. The lowest BCUT2D eigenvalue weighted by Gasteiger charge is -2.07. The van der Waals surface area contributed by atoms with Gasteiger partial charge in [-0.15, -0.1) is 0 Å². The number of hydrogen-bond donors (Lipinski definition) is 0. The van der Waals surface area contributed by atoms with Gasteiger partial charge in [0.1, 0.15) is 0 Å². The first-order valence-electron chi connectivity index (χ1n) is 6.97. The largest absolute Gasteiger partial charge is 0.309 e. The third-order valence-electron chi connectivity index (χ3n) is 3.89. The van der Waals surface area contributed by atoms with Crippen molar-refractivity contribution in [1.29, 1.82) is 5.26 Å². The van der Waals surface area contributed by atoms with Crippen molar-refractivity contribution in [2.45, 2.75) is 0 Å². The predicted octanol–water partition coefficient (Wildman–Crippen LogP) is 5.26. The van der Waals surface area contributed by atoms with Gasteiger partial charge in [-0.1, -0.05) is 18.2 Å². The van der Waals surface area contributed by atoms with Crippen LogP contribution in [0, 0.1) is 14.9 Å². The smallest absolute Gasteiger partial charge is 0.0991 e. The molecule has 0 amide bonds. The van der Waals surface area contributed by atoms with Gasteiger partial charge in [-0.2, -0.15) is 5.26 Å². The zero-order valence-corrected chi connectivity index (χ0v) is 13.8. The molecule has 104 valence electrons. The minimum atomic E-state index is 0.693. The molecule has 4 rings (SSSR count). The zero-order chi connectivity index (χ0) is 15.1. The van der Waals surface area contributed by atoms with Gasteiger partial charge in [0.2, 0.25) is 0 Å². The zero-order valence-electron chi connectivity index (χ0n) is 11.6. The molecule has 0 aliphatic carbocycles. The van der Waals surface area contributed by atoms with Gasteiger partial charge in [-0.05, 0) is 71.1 Å². The van der Waals surface area contributed by atoms with E-state index in [2.05, 4.69) is 75.7 Å². The van der Waals surface area contributed by atoms with E-state index in [4.69, 9.17) is 5.26 Å². The average molecular weight is 394 g/mol. The number of hydrogen-bond acceptors (Lipinski definition) is 1. The summed E-state index contributed by atoms with van der Waals surface area (Å²) >= 11 is 2.31. The van der Waals surface area contributed by atoms with Crippen molar-refractivity contribution < 1.29 is 0 Å². The standard InChI is InChI=1S/C19H11IN2/c20-14-6-8-15(9-7-14)22-18-4-2-1-3-16(18)17-11-13(12-21)5-10-19(17)22/h1-11H. The lowest BCUT2D eigenvalue weighted by Crippen LogP contribution is -1.93. The SMILES string of the molecule is N#Cc1ccc2c(c1)c1ccccc1n2-c1ccc(I)cc1. The number of rotatable bonds is 1. The molecule has 0 atom stereocenters. The van der Waals surface area contributed by atoms with Gasteiger partial charge in [0, 0.05) is 20.0 Å². The Morgan fingerprint density at radius 1 is 0.818 bits per heavy atom. The van der Waals surface area contributed by atoms with Gasteiger partial charge in [-0.25, -0.2) is 0 Å². The maximum Gasteiger partial charge on any atom is 0.0991 e. The van der Waals surface area contributed by atoms with Crippen molar-refractivity contribution in [1.82, 2.24) is 4.57 Å². The van der Waals surface area contributed by atoms with Gasteiger partial charge >= 0.3 is 0 Å². The first-order chi connectivity index (χ1) is 10.8. The van der Waals surface area contributed by atoms with Crippen LogP contribution in [0.2, 0.25) is 0 Å². The summed E-state index contributed by atoms with van der Waals surface area (Å²) in [5.74, 6) is 0. The highest BCUT2D eigenvalue weighted by Crippen LogP contribution is 2.32. The van der Waals surface area contributed by atoms with Crippen LogP contribution in [-0.4, -0.2) is 4.57 Å². The maximum atomic E-state index is 9.17. The molecule has 0 aliphatic rings. The number of fused-ring (bicyclic) bond motifs is 3. The van der Waals surface area contributed by atoms with E-state index in [-0.39, 0.29) is 0 Å². The molecule has 0 fully saturated rings. The number of nitrogens with zero attached hydrogens (tertiary/aromatic N) is 2. The molecule has 0 spiro atoms. The van der Waals surface area contributed by atoms with Crippen molar-refractivity contribution >= 4 is 44.4 Å². The van der Waals surface area contributed by atoms with Crippen LogP contribution in [0.3, 0.4) is 0 Å². The van der Waals surface area contributed by atoms with Crippen LogP contribution in [0.4, 0.5) is 0 Å². The van der Waals surface area contributed by atoms with Gasteiger partial charge in [-0.3, -0.25) is 0 Å². The lowest BCUT2D eigenvalue weighted by atomic mass is 10.1. The fourth-order valence-electron chi connectivity index (χ4n) is 2.91. The highest BCUT2D eigenvalue weighted by atomic mass is 127. The van der Waals surface area contributed by atoms with Crippen molar-refractivity contribution in [2.75, 3.05) is 0 Å². The first kappa shape index (κ1) is 13.4. The molecule has 0 N–H and O–H groups in total. The van der Waals surface area contributed by atoms with Crippen molar-refractivity contribution in [2.24, 2.45) is 0 Å². The predicted molar refractivity (Wildman–Crippen MR) is 98.2 cm³/mol. The minimum absolute atomic E-state index is 0.693. The topological polar surface area (TPSA) is 28.7 Å². The number of halogens is 1. The second-order valence-electron chi connectivity index (χ2n) is 5.17. The number of para-hydroxylation sites is 1. The Morgan fingerprint density at radius 3 is 2.32 bits per heavy atom. The maximum absolute atomic E-state index is 9.17. The molecule has 2 nitrogen and oxygen atoms in total. The van der Waals surface area contributed by atoms with E-state index in [1.54, 1.807) is 0 Å². The van der Waals surface area contributed by atoms with Crippen LogP contribution in [0.25, 0.3) is 27.5 Å². The number of nitriles is 1. The molecule has 0 unspecified atom stereocenters. The summed E-state index contributed by atoms with van der Waals surface area (Å²) in [6.07, 6.45) is 0. The molecule has 3 aromatic carbocycles. The third kappa shape index (κ3) is 1.99. The average Bonchev–Trinajstić information content (AvgIpc) is 2.89. The Morgan fingerprint density at radius 2 is 1.55 bits per heavy atom. The van der Waals surface area contributed by atoms with Gasteiger partial charge in [0.05, 0.1) is 22.7 Å². The molecule has 4 aromatic rings. The van der Waals surface area contributed by atoms with Crippen molar-refractivity contribution in [3.8, 4) is 11.8 Å². The van der Waals surface area contributed by atoms with E-state index in [0.717, 1.165) is 22.1 Å². The Kier molecular flexibility index (Phi) is 3.12. The van der Waals surface area contributed by atoms with E-state index in [0.29, 0.717) is 5.56 Å². The van der Waals surface area contributed by atoms with Crippen LogP contribution in [0.5, 0.6) is 0 Å². The van der Waals surface area contributed by atoms with Crippen LogP contribution in [0.15, 0.2) is 66.7 Å². The van der Waals surface area contributed by atoms with Crippen LogP contribution < -0.4 is 0 Å². The molecular formula is C19H11IN2. The van der Waals surface area contributed by atoms with Gasteiger partial charge in [0.25, 0.3) is 0 Å². The summed E-state index contributed by atoms with van der Waals surface area (Å²) in [5.41, 5.74) is 4.12. The molecule has 0 saturated carbocycles. The van der Waals surface area contributed by atoms with Crippen molar-refractivity contribution in [3.05, 3.63) is 75.9 Å². The summed E-state index contributed by atoms with van der Waals surface area (Å²) in [6.45, 7) is 0. The van der Waals surface area contributed by atoms with Gasteiger partial charge in [0.15, 0.2) is 0 Å².